The van der Waals surface area contributed by atoms with Crippen LogP contribution in [0.2, 0.25) is 0 Å². The van der Waals surface area contributed by atoms with E-state index in [2.05, 4.69) is 11.9 Å². The first-order chi connectivity index (χ1) is 4.75. The maximum Gasteiger partial charge on any atom is 0.0583 e. The van der Waals surface area contributed by atoms with Crippen molar-refractivity contribution in [2.75, 3.05) is 20.1 Å². The molecule has 2 bridgehead atoms. The number of likely N-dealkylation sites (tertiary alicyclic amines) is 1. The predicted molar refractivity (Wildman–Crippen MR) is 39.7 cm³/mol. The molecule has 2 fully saturated rings. The molecule has 0 aromatic carbocycles. The molecule has 1 heterocycles. The number of hydrogen-bond donors (Lipinski definition) is 1. The van der Waals surface area contributed by atoms with Gasteiger partial charge in [0.15, 0.2) is 0 Å². The van der Waals surface area contributed by atoms with Crippen LogP contribution in [-0.4, -0.2) is 36.2 Å². The van der Waals surface area contributed by atoms with Crippen LogP contribution in [0.5, 0.6) is 0 Å². The Balaban J connectivity index is 2.06. The zero-order chi connectivity index (χ0) is 7.14. The zero-order valence-electron chi connectivity index (χ0n) is 6.45. The van der Waals surface area contributed by atoms with Gasteiger partial charge in [-0.1, -0.05) is 0 Å². The van der Waals surface area contributed by atoms with Crippen molar-refractivity contribution in [1.29, 1.82) is 0 Å². The van der Waals surface area contributed by atoms with Gasteiger partial charge in [-0.2, -0.15) is 0 Å². The molecule has 1 aliphatic heterocycles. The molecule has 1 saturated carbocycles. The summed E-state index contributed by atoms with van der Waals surface area (Å²) >= 11 is 0. The Morgan fingerprint density at radius 2 is 2.10 bits per heavy atom. The molecule has 1 aliphatic carbocycles. The average Bonchev–Trinajstić information content (AvgIpc) is 2.07. The number of nitrogens with zero attached hydrogens (tertiary/aromatic N) is 1. The molecular formula is C8H15NO. The summed E-state index contributed by atoms with van der Waals surface area (Å²) in [6.07, 6.45) is 2.33. The molecule has 0 radical (unpaired) electrons. The molecule has 0 aromatic heterocycles. The largest absolute Gasteiger partial charge is 0.393 e. The molecule has 2 nitrogen and oxygen atoms in total. The van der Waals surface area contributed by atoms with Gasteiger partial charge in [0.25, 0.3) is 0 Å². The lowest BCUT2D eigenvalue weighted by molar-refractivity contribution is 0.112. The van der Waals surface area contributed by atoms with Gasteiger partial charge in [-0.25, -0.2) is 0 Å². The minimum atomic E-state index is 0.00921. The Morgan fingerprint density at radius 3 is 2.80 bits per heavy atom. The van der Waals surface area contributed by atoms with E-state index < -0.39 is 0 Å². The van der Waals surface area contributed by atoms with Crippen LogP contribution in [-0.2, 0) is 0 Å². The Hall–Kier alpha value is -0.0800. The van der Waals surface area contributed by atoms with Gasteiger partial charge >= 0.3 is 0 Å². The number of fused-ring (bicyclic) bond motifs is 2. The van der Waals surface area contributed by atoms with Crippen molar-refractivity contribution in [2.24, 2.45) is 11.8 Å². The third-order valence-electron chi connectivity index (χ3n) is 2.87. The van der Waals surface area contributed by atoms with Crippen LogP contribution >= 0.6 is 0 Å². The first kappa shape index (κ1) is 6.62. The van der Waals surface area contributed by atoms with Gasteiger partial charge in [-0.15, -0.1) is 0 Å². The van der Waals surface area contributed by atoms with Gasteiger partial charge in [-0.3, -0.25) is 0 Å². The first-order valence-corrected chi connectivity index (χ1v) is 4.12. The van der Waals surface area contributed by atoms with E-state index in [4.69, 9.17) is 0 Å². The van der Waals surface area contributed by atoms with Crippen molar-refractivity contribution in [3.05, 3.63) is 0 Å². The van der Waals surface area contributed by atoms with Crippen molar-refractivity contribution in [1.82, 2.24) is 4.90 Å². The van der Waals surface area contributed by atoms with E-state index in [-0.39, 0.29) is 6.10 Å². The van der Waals surface area contributed by atoms with Crippen molar-refractivity contribution in [3.8, 4) is 0 Å². The second kappa shape index (κ2) is 2.21. The Morgan fingerprint density at radius 1 is 1.30 bits per heavy atom. The van der Waals surface area contributed by atoms with Crippen LogP contribution in [0.3, 0.4) is 0 Å². The molecule has 1 saturated heterocycles. The molecule has 0 aromatic rings. The summed E-state index contributed by atoms with van der Waals surface area (Å²) in [6, 6.07) is 0. The van der Waals surface area contributed by atoms with Crippen LogP contribution < -0.4 is 0 Å². The summed E-state index contributed by atoms with van der Waals surface area (Å²) < 4.78 is 0. The number of aliphatic hydroxyl groups excluding tert-OH is 1. The summed E-state index contributed by atoms with van der Waals surface area (Å²) in [7, 11) is 2.15. The highest BCUT2D eigenvalue weighted by atomic mass is 16.3. The quantitative estimate of drug-likeness (QED) is 0.525. The lowest BCUT2D eigenvalue weighted by Gasteiger charge is -2.28. The van der Waals surface area contributed by atoms with E-state index in [1.807, 2.05) is 0 Å². The van der Waals surface area contributed by atoms with Crippen molar-refractivity contribution < 1.29 is 5.11 Å². The van der Waals surface area contributed by atoms with E-state index in [0.29, 0.717) is 5.92 Å². The summed E-state index contributed by atoms with van der Waals surface area (Å²) in [4.78, 5) is 2.34. The predicted octanol–water partition coefficient (Wildman–Crippen LogP) is 0.319. The van der Waals surface area contributed by atoms with Crippen LogP contribution in [0.25, 0.3) is 0 Å². The second-order valence-corrected chi connectivity index (χ2v) is 3.89. The highest BCUT2D eigenvalue weighted by Gasteiger charge is 2.37. The van der Waals surface area contributed by atoms with Crippen molar-refractivity contribution in [3.63, 3.8) is 0 Å². The lowest BCUT2D eigenvalue weighted by Crippen LogP contribution is -2.34. The Bertz CT molecular complexity index is 132. The topological polar surface area (TPSA) is 23.5 Å². The SMILES string of the molecule is CN1C[C@H]2C[C@@H](C1)[C@H](O)C2. The van der Waals surface area contributed by atoms with E-state index in [1.165, 1.54) is 13.0 Å². The molecule has 3 atom stereocenters. The minimum absolute atomic E-state index is 0.00921. The maximum absolute atomic E-state index is 9.49. The van der Waals surface area contributed by atoms with Gasteiger partial charge in [0.05, 0.1) is 6.10 Å². The van der Waals surface area contributed by atoms with Gasteiger partial charge in [0.2, 0.25) is 0 Å². The monoisotopic (exact) mass is 141 g/mol. The molecule has 2 aliphatic rings. The van der Waals surface area contributed by atoms with Gasteiger partial charge < -0.3 is 10.0 Å². The molecule has 58 valence electrons. The summed E-state index contributed by atoms with van der Waals surface area (Å²) in [5.41, 5.74) is 0. The molecule has 2 heteroatoms. The van der Waals surface area contributed by atoms with E-state index in [0.717, 1.165) is 18.9 Å². The summed E-state index contributed by atoms with van der Waals surface area (Å²) in [5.74, 6) is 1.38. The minimum Gasteiger partial charge on any atom is -0.393 e. The standard InChI is InChI=1S/C8H15NO/c1-9-4-6-2-7(5-9)8(10)3-6/h6-8,10H,2-5H2,1H3/t6-,7-,8+/m0/s1. The third kappa shape index (κ3) is 0.956. The van der Waals surface area contributed by atoms with E-state index in [9.17, 15) is 5.11 Å². The average molecular weight is 141 g/mol. The molecule has 2 rings (SSSR count). The summed E-state index contributed by atoms with van der Waals surface area (Å²) in [5, 5.41) is 9.49. The molecule has 1 N–H and O–H groups in total. The number of rotatable bonds is 0. The first-order valence-electron chi connectivity index (χ1n) is 4.12. The van der Waals surface area contributed by atoms with E-state index in [1.54, 1.807) is 0 Å². The normalized spacial score (nSPS) is 48.0. The highest BCUT2D eigenvalue weighted by Crippen LogP contribution is 2.35. The van der Waals surface area contributed by atoms with Gasteiger partial charge in [0, 0.05) is 13.1 Å². The van der Waals surface area contributed by atoms with Gasteiger partial charge in [0.1, 0.15) is 0 Å². The maximum atomic E-state index is 9.49. The lowest BCUT2D eigenvalue weighted by atomic mass is 9.99. The van der Waals surface area contributed by atoms with Crippen LogP contribution in [0, 0.1) is 11.8 Å². The summed E-state index contributed by atoms with van der Waals surface area (Å²) in [6.45, 7) is 2.31. The van der Waals surface area contributed by atoms with Crippen LogP contribution in [0.4, 0.5) is 0 Å². The molecule has 10 heavy (non-hydrogen) atoms. The fourth-order valence-electron chi connectivity index (χ4n) is 2.48. The Labute approximate surface area is 61.8 Å². The second-order valence-electron chi connectivity index (χ2n) is 3.89. The fraction of sp³-hybridized carbons (Fsp3) is 1.00. The van der Waals surface area contributed by atoms with Crippen molar-refractivity contribution >= 4 is 0 Å². The number of piperidine rings is 1. The van der Waals surface area contributed by atoms with Crippen LogP contribution in [0.1, 0.15) is 12.8 Å². The van der Waals surface area contributed by atoms with Crippen molar-refractivity contribution in [2.45, 2.75) is 18.9 Å². The highest BCUT2D eigenvalue weighted by molar-refractivity contribution is 4.90. The molecule has 0 unspecified atom stereocenters. The third-order valence-corrected chi connectivity index (χ3v) is 2.87. The number of hydrogen-bond acceptors (Lipinski definition) is 2. The van der Waals surface area contributed by atoms with E-state index >= 15 is 0 Å². The molecule has 0 amide bonds. The van der Waals surface area contributed by atoms with Crippen LogP contribution in [0.15, 0.2) is 0 Å². The molecular weight excluding hydrogens is 126 g/mol. The zero-order valence-corrected chi connectivity index (χ0v) is 6.45. The number of aliphatic hydroxyl groups is 1. The smallest absolute Gasteiger partial charge is 0.0583 e. The Kier molecular flexibility index (Phi) is 1.46. The molecule has 0 spiro atoms. The fourth-order valence-corrected chi connectivity index (χ4v) is 2.48. The van der Waals surface area contributed by atoms with Gasteiger partial charge in [-0.05, 0) is 31.7 Å².